The van der Waals surface area contributed by atoms with Gasteiger partial charge in [-0.3, -0.25) is 9.13 Å². The van der Waals surface area contributed by atoms with E-state index in [2.05, 4.69) is 252 Å². The van der Waals surface area contributed by atoms with Crippen molar-refractivity contribution in [1.82, 2.24) is 19.1 Å². The zero-order chi connectivity index (χ0) is 44.1. The first-order chi connectivity index (χ1) is 33.2. The summed E-state index contributed by atoms with van der Waals surface area (Å²) in [4.78, 5) is 10.5. The normalized spacial score (nSPS) is 12.9. The summed E-state index contributed by atoms with van der Waals surface area (Å²) < 4.78 is 4.56. The number of benzene rings is 10. The number of fused-ring (bicyclic) bond motifs is 12. The Bertz CT molecular complexity index is 3670. The Balaban J connectivity index is 0.950. The highest BCUT2D eigenvalue weighted by molar-refractivity contribution is 5.97. The first kappa shape index (κ1) is 37.5. The summed E-state index contributed by atoms with van der Waals surface area (Å²) in [5, 5.41) is 0. The van der Waals surface area contributed by atoms with Crippen molar-refractivity contribution in [2.75, 3.05) is 0 Å². The molecule has 0 amide bonds. The van der Waals surface area contributed by atoms with Crippen LogP contribution in [0.15, 0.2) is 243 Å². The van der Waals surface area contributed by atoms with Gasteiger partial charge in [0.05, 0.1) is 27.5 Å². The average Bonchev–Trinajstić information content (AvgIpc) is 4.15. The molecular weight excluding hydrogens is 813 g/mol. The summed E-state index contributed by atoms with van der Waals surface area (Å²) in [6, 6.07) is 88.1. The Morgan fingerprint density at radius 1 is 0.269 bits per heavy atom. The number of nitrogens with zero attached hydrogens (tertiary/aromatic N) is 4. The van der Waals surface area contributed by atoms with E-state index < -0.39 is 5.41 Å². The first-order valence-corrected chi connectivity index (χ1v) is 23.0. The minimum absolute atomic E-state index is 0.459. The van der Waals surface area contributed by atoms with Crippen LogP contribution in [0, 0.1) is 0 Å². The molecule has 2 aromatic heterocycles. The highest BCUT2D eigenvalue weighted by atomic mass is 15.1. The van der Waals surface area contributed by atoms with E-state index >= 15 is 0 Å². The van der Waals surface area contributed by atoms with Gasteiger partial charge in [-0.15, -0.1) is 0 Å². The molecule has 67 heavy (non-hydrogen) atoms. The van der Waals surface area contributed by atoms with E-state index in [1.54, 1.807) is 0 Å². The lowest BCUT2D eigenvalue weighted by Gasteiger charge is -2.30. The van der Waals surface area contributed by atoms with Crippen LogP contribution in [0.3, 0.4) is 0 Å². The van der Waals surface area contributed by atoms with Crippen molar-refractivity contribution < 1.29 is 0 Å². The minimum atomic E-state index is -0.459. The van der Waals surface area contributed by atoms with E-state index in [1.165, 1.54) is 44.5 Å². The van der Waals surface area contributed by atoms with Gasteiger partial charge in [0, 0.05) is 22.5 Å². The first-order valence-electron chi connectivity index (χ1n) is 23.0. The third-order valence-electron chi connectivity index (χ3n) is 14.1. The summed E-state index contributed by atoms with van der Waals surface area (Å²) in [5.74, 6) is 1.84. The van der Waals surface area contributed by atoms with Crippen LogP contribution >= 0.6 is 0 Å². The smallest absolute Gasteiger partial charge is 0.145 e. The quantitative estimate of drug-likeness (QED) is 0.167. The Labute approximate surface area is 388 Å². The van der Waals surface area contributed by atoms with Crippen molar-refractivity contribution in [3.05, 3.63) is 265 Å². The predicted octanol–water partition coefficient (Wildman–Crippen LogP) is 15.4. The molecule has 0 aliphatic heterocycles. The molecular formula is C63H40N4. The van der Waals surface area contributed by atoms with E-state index in [0.717, 1.165) is 78.5 Å². The van der Waals surface area contributed by atoms with Gasteiger partial charge >= 0.3 is 0 Å². The molecule has 0 saturated carbocycles. The number of para-hydroxylation sites is 6. The van der Waals surface area contributed by atoms with Gasteiger partial charge < -0.3 is 0 Å². The molecule has 12 aromatic rings. The molecule has 0 saturated heterocycles. The molecule has 14 rings (SSSR count). The highest BCUT2D eigenvalue weighted by Gasteiger charge is 2.51. The number of hydrogen-bond donors (Lipinski definition) is 0. The molecule has 0 radical (unpaired) electrons. The lowest BCUT2D eigenvalue weighted by atomic mass is 9.70. The molecule has 312 valence electrons. The fraction of sp³-hybridized carbons (Fsp3) is 0.0159. The zero-order valence-corrected chi connectivity index (χ0v) is 36.4. The van der Waals surface area contributed by atoms with Crippen LogP contribution in [0.4, 0.5) is 0 Å². The Hall–Kier alpha value is -8.86. The van der Waals surface area contributed by atoms with Crippen molar-refractivity contribution in [2.45, 2.75) is 5.41 Å². The van der Waals surface area contributed by atoms with E-state index in [9.17, 15) is 0 Å². The SMILES string of the molecule is c1ccc(-n2c(-c3cccc(-c4ccc5c(c4)-c4cc(-c6cccc(-c7nc8ccccc8n7-c7ccccc7)c6)ccc4C54c5ccccc5-c5ccccc54)c3)nc3ccccc32)cc1. The summed E-state index contributed by atoms with van der Waals surface area (Å²) >= 11 is 0. The Morgan fingerprint density at radius 2 is 0.642 bits per heavy atom. The molecule has 1 spiro atoms. The lowest BCUT2D eigenvalue weighted by molar-refractivity contribution is 0.794. The molecule has 0 N–H and O–H groups in total. The van der Waals surface area contributed by atoms with Crippen LogP contribution in [0.5, 0.6) is 0 Å². The minimum Gasteiger partial charge on any atom is -0.292 e. The van der Waals surface area contributed by atoms with Crippen molar-refractivity contribution in [1.29, 1.82) is 0 Å². The van der Waals surface area contributed by atoms with E-state index in [1.807, 2.05) is 0 Å². The maximum Gasteiger partial charge on any atom is 0.145 e. The molecule has 0 unspecified atom stereocenters. The van der Waals surface area contributed by atoms with Crippen molar-refractivity contribution in [3.8, 4) is 78.7 Å². The molecule has 2 heterocycles. The standard InChI is InChI=1S/C63H40N4/c1-3-21-47(22-4-1)66-59-31-13-11-29-57(59)64-61(66)45-19-15-17-41(37-45)43-33-35-55-51(39-43)52-40-44(34-36-56(52)63(55)53-27-9-7-25-49(53)50-26-8-10-28-54(50)63)42-18-16-20-46(38-42)62-65-58-30-12-14-32-60(58)67(62)48-23-5-2-6-24-48/h1-40H. The largest absolute Gasteiger partial charge is 0.292 e. The summed E-state index contributed by atoms with van der Waals surface area (Å²) in [7, 11) is 0. The summed E-state index contributed by atoms with van der Waals surface area (Å²) in [6.07, 6.45) is 0. The maximum atomic E-state index is 5.23. The molecule has 4 heteroatoms. The monoisotopic (exact) mass is 852 g/mol. The van der Waals surface area contributed by atoms with E-state index in [4.69, 9.17) is 9.97 Å². The molecule has 2 aliphatic rings. The van der Waals surface area contributed by atoms with Gasteiger partial charge in [-0.1, -0.05) is 170 Å². The third-order valence-corrected chi connectivity index (χ3v) is 14.1. The second-order valence-corrected chi connectivity index (χ2v) is 17.7. The number of hydrogen-bond acceptors (Lipinski definition) is 2. The second kappa shape index (κ2) is 14.6. The van der Waals surface area contributed by atoms with Crippen molar-refractivity contribution in [3.63, 3.8) is 0 Å². The van der Waals surface area contributed by atoms with E-state index in [0.29, 0.717) is 0 Å². The van der Waals surface area contributed by atoms with Gasteiger partial charge in [-0.05, 0) is 140 Å². The number of rotatable bonds is 6. The lowest BCUT2D eigenvalue weighted by Crippen LogP contribution is -2.25. The van der Waals surface area contributed by atoms with Crippen molar-refractivity contribution in [2.24, 2.45) is 0 Å². The topological polar surface area (TPSA) is 35.6 Å². The third kappa shape index (κ3) is 5.54. The van der Waals surface area contributed by atoms with Crippen LogP contribution in [-0.4, -0.2) is 19.1 Å². The van der Waals surface area contributed by atoms with Gasteiger partial charge in [0.15, 0.2) is 0 Å². The number of aromatic nitrogens is 4. The average molecular weight is 853 g/mol. The maximum absolute atomic E-state index is 5.23. The molecule has 0 fully saturated rings. The van der Waals surface area contributed by atoms with Crippen molar-refractivity contribution >= 4 is 22.1 Å². The van der Waals surface area contributed by atoms with Gasteiger partial charge in [0.2, 0.25) is 0 Å². The molecule has 0 atom stereocenters. The van der Waals surface area contributed by atoms with Crippen LogP contribution in [0.25, 0.3) is 101 Å². The zero-order valence-electron chi connectivity index (χ0n) is 36.4. The van der Waals surface area contributed by atoms with Crippen LogP contribution in [0.2, 0.25) is 0 Å². The number of imidazole rings is 2. The van der Waals surface area contributed by atoms with Gasteiger partial charge in [-0.2, -0.15) is 0 Å². The summed E-state index contributed by atoms with van der Waals surface area (Å²) in [5.41, 5.74) is 23.0. The van der Waals surface area contributed by atoms with Gasteiger partial charge in [0.25, 0.3) is 0 Å². The highest BCUT2D eigenvalue weighted by Crippen LogP contribution is 2.63. The molecule has 2 aliphatic carbocycles. The van der Waals surface area contributed by atoms with Gasteiger partial charge in [-0.25, -0.2) is 9.97 Å². The fourth-order valence-electron chi connectivity index (χ4n) is 11.3. The van der Waals surface area contributed by atoms with Gasteiger partial charge in [0.1, 0.15) is 11.6 Å². The fourth-order valence-corrected chi connectivity index (χ4v) is 11.3. The Morgan fingerprint density at radius 3 is 1.12 bits per heavy atom. The molecule has 10 aromatic carbocycles. The van der Waals surface area contributed by atoms with Crippen LogP contribution < -0.4 is 0 Å². The van der Waals surface area contributed by atoms with E-state index in [-0.39, 0.29) is 0 Å². The molecule has 4 nitrogen and oxygen atoms in total. The second-order valence-electron chi connectivity index (χ2n) is 17.7. The summed E-state index contributed by atoms with van der Waals surface area (Å²) in [6.45, 7) is 0. The molecule has 0 bridgehead atoms. The predicted molar refractivity (Wildman–Crippen MR) is 274 cm³/mol. The van der Waals surface area contributed by atoms with Crippen LogP contribution in [-0.2, 0) is 5.41 Å². The van der Waals surface area contributed by atoms with Crippen LogP contribution in [0.1, 0.15) is 22.3 Å². The Kier molecular flexibility index (Phi) is 8.16.